The average Bonchev–Trinajstić information content (AvgIpc) is 3.03. The Bertz CT molecular complexity index is 983. The molecule has 0 fully saturated rings. The zero-order valence-corrected chi connectivity index (χ0v) is 18.8. The van der Waals surface area contributed by atoms with Crippen LogP contribution in [0.4, 0.5) is 5.69 Å². The van der Waals surface area contributed by atoms with Gasteiger partial charge in [0, 0.05) is 10.2 Å². The third kappa shape index (κ3) is 4.83. The van der Waals surface area contributed by atoms with Gasteiger partial charge >= 0.3 is 0 Å². The summed E-state index contributed by atoms with van der Waals surface area (Å²) in [7, 11) is 0. The zero-order valence-electron chi connectivity index (χ0n) is 16.4. The molecular weight excluding hydrogens is 436 g/mol. The number of nitrogens with zero attached hydrogens (tertiary/aromatic N) is 3. The molecule has 28 heavy (non-hydrogen) atoms. The fourth-order valence-corrected chi connectivity index (χ4v) is 4.03. The molecule has 0 aliphatic carbocycles. The van der Waals surface area contributed by atoms with E-state index in [0.717, 1.165) is 21.7 Å². The lowest BCUT2D eigenvalue weighted by Crippen LogP contribution is -2.15. The summed E-state index contributed by atoms with van der Waals surface area (Å²) in [5.74, 6) is 1.40. The maximum absolute atomic E-state index is 12.4. The van der Waals surface area contributed by atoms with Gasteiger partial charge in [0.2, 0.25) is 5.91 Å². The molecule has 1 N–H and O–H groups in total. The number of thioether (sulfide) groups is 1. The van der Waals surface area contributed by atoms with E-state index in [0.29, 0.717) is 11.1 Å². The van der Waals surface area contributed by atoms with Crippen molar-refractivity contribution in [2.45, 2.75) is 38.8 Å². The van der Waals surface area contributed by atoms with Crippen LogP contribution in [0.15, 0.2) is 52.1 Å². The Morgan fingerprint density at radius 2 is 1.86 bits per heavy atom. The van der Waals surface area contributed by atoms with Crippen LogP contribution in [0.5, 0.6) is 0 Å². The van der Waals surface area contributed by atoms with E-state index in [-0.39, 0.29) is 11.7 Å². The van der Waals surface area contributed by atoms with Crippen LogP contribution in [0.1, 0.15) is 36.7 Å². The molecule has 0 aliphatic heterocycles. The monoisotopic (exact) mass is 458 g/mol. The molecule has 1 aromatic heterocycles. The highest BCUT2D eigenvalue weighted by molar-refractivity contribution is 9.10. The maximum Gasteiger partial charge on any atom is 0.234 e. The van der Waals surface area contributed by atoms with E-state index in [4.69, 9.17) is 0 Å². The van der Waals surface area contributed by atoms with E-state index >= 15 is 0 Å². The molecule has 0 spiro atoms. The molecule has 0 aliphatic rings. The molecule has 5 nitrogen and oxygen atoms in total. The second kappa shape index (κ2) is 8.92. The Morgan fingerprint density at radius 1 is 1.14 bits per heavy atom. The Hall–Kier alpha value is -2.12. The fraction of sp³-hybridized carbons (Fsp3) is 0.286. The van der Waals surface area contributed by atoms with Gasteiger partial charge in [0.05, 0.1) is 11.4 Å². The van der Waals surface area contributed by atoms with Crippen molar-refractivity contribution in [3.8, 4) is 5.69 Å². The summed E-state index contributed by atoms with van der Waals surface area (Å²) in [6.45, 7) is 8.24. The lowest BCUT2D eigenvalue weighted by atomic mass is 10.0. The number of hydrogen-bond acceptors (Lipinski definition) is 4. The van der Waals surface area contributed by atoms with Crippen LogP contribution < -0.4 is 5.32 Å². The van der Waals surface area contributed by atoms with Crippen molar-refractivity contribution < 1.29 is 4.79 Å². The van der Waals surface area contributed by atoms with E-state index in [9.17, 15) is 4.79 Å². The summed E-state index contributed by atoms with van der Waals surface area (Å²) in [6.07, 6.45) is 0. The van der Waals surface area contributed by atoms with Crippen molar-refractivity contribution in [2.24, 2.45) is 0 Å². The molecule has 3 aromatic rings. The van der Waals surface area contributed by atoms with Crippen LogP contribution >= 0.6 is 27.7 Å². The Morgan fingerprint density at radius 3 is 2.50 bits per heavy atom. The highest BCUT2D eigenvalue weighted by atomic mass is 79.9. The first-order valence-electron chi connectivity index (χ1n) is 9.06. The molecular formula is C21H23BrN4OS. The lowest BCUT2D eigenvalue weighted by Gasteiger charge is -2.11. The molecule has 0 unspecified atom stereocenters. The Kier molecular flexibility index (Phi) is 6.57. The van der Waals surface area contributed by atoms with Crippen molar-refractivity contribution in [3.63, 3.8) is 0 Å². The summed E-state index contributed by atoms with van der Waals surface area (Å²) < 4.78 is 2.85. The van der Waals surface area contributed by atoms with Gasteiger partial charge < -0.3 is 5.32 Å². The summed E-state index contributed by atoms with van der Waals surface area (Å²) in [5, 5.41) is 12.1. The number of benzene rings is 2. The first-order valence-corrected chi connectivity index (χ1v) is 10.8. The number of anilines is 1. The van der Waals surface area contributed by atoms with Crippen LogP contribution in [0.3, 0.4) is 0 Å². The largest absolute Gasteiger partial charge is 0.324 e. The van der Waals surface area contributed by atoms with Gasteiger partial charge in [-0.15, -0.1) is 10.2 Å². The van der Waals surface area contributed by atoms with Crippen molar-refractivity contribution in [1.82, 2.24) is 14.8 Å². The zero-order chi connectivity index (χ0) is 20.3. The van der Waals surface area contributed by atoms with Gasteiger partial charge in [-0.3, -0.25) is 9.36 Å². The predicted molar refractivity (Wildman–Crippen MR) is 118 cm³/mol. The molecule has 0 saturated carbocycles. The summed E-state index contributed by atoms with van der Waals surface area (Å²) in [4.78, 5) is 12.4. The maximum atomic E-state index is 12.4. The SMILES string of the molecule is Cc1ccc(-n2c(C)nnc2SCC(=O)Nc2ccc(C(C)C)cc2Br)cc1. The standard InChI is InChI=1S/C21H23BrN4OS/c1-13(2)16-7-10-19(18(22)11-16)23-20(27)12-28-21-25-24-15(4)26(21)17-8-5-14(3)6-9-17/h5-11,13H,12H2,1-4H3,(H,23,27). The van der Waals surface area contributed by atoms with Gasteiger partial charge in [-0.05, 0) is 65.5 Å². The van der Waals surface area contributed by atoms with E-state index in [1.54, 1.807) is 0 Å². The second-order valence-electron chi connectivity index (χ2n) is 6.93. The van der Waals surface area contributed by atoms with Crippen molar-refractivity contribution in [3.05, 3.63) is 63.9 Å². The molecule has 0 atom stereocenters. The minimum Gasteiger partial charge on any atom is -0.324 e. The van der Waals surface area contributed by atoms with Gasteiger partial charge in [-0.1, -0.05) is 49.4 Å². The number of amides is 1. The fourth-order valence-electron chi connectivity index (χ4n) is 2.74. The molecule has 1 amide bonds. The molecule has 0 bridgehead atoms. The van der Waals surface area contributed by atoms with E-state index in [1.165, 1.54) is 22.9 Å². The molecule has 0 radical (unpaired) electrons. The minimum atomic E-state index is -0.0842. The lowest BCUT2D eigenvalue weighted by molar-refractivity contribution is -0.113. The van der Waals surface area contributed by atoms with Crippen molar-refractivity contribution in [2.75, 3.05) is 11.1 Å². The summed E-state index contributed by atoms with van der Waals surface area (Å²) in [6, 6.07) is 14.2. The Labute approximate surface area is 178 Å². The van der Waals surface area contributed by atoms with Crippen LogP contribution in [0.25, 0.3) is 5.69 Å². The quantitative estimate of drug-likeness (QED) is 0.495. The van der Waals surface area contributed by atoms with Crippen molar-refractivity contribution >= 4 is 39.3 Å². The normalized spacial score (nSPS) is 11.1. The molecule has 7 heteroatoms. The molecule has 0 saturated heterocycles. The topological polar surface area (TPSA) is 59.8 Å². The van der Waals surface area contributed by atoms with Gasteiger partial charge in [-0.2, -0.15) is 0 Å². The number of hydrogen-bond donors (Lipinski definition) is 1. The number of carbonyl (C=O) groups is 1. The van der Waals surface area contributed by atoms with Crippen LogP contribution in [-0.2, 0) is 4.79 Å². The summed E-state index contributed by atoms with van der Waals surface area (Å²) in [5.41, 5.74) is 4.17. The van der Waals surface area contributed by atoms with Gasteiger partial charge in [-0.25, -0.2) is 0 Å². The number of nitrogens with one attached hydrogen (secondary N) is 1. The van der Waals surface area contributed by atoms with Crippen LogP contribution in [-0.4, -0.2) is 26.4 Å². The summed E-state index contributed by atoms with van der Waals surface area (Å²) >= 11 is 4.91. The first-order chi connectivity index (χ1) is 13.3. The van der Waals surface area contributed by atoms with E-state index in [1.807, 2.05) is 54.0 Å². The number of carbonyl (C=O) groups excluding carboxylic acids is 1. The highest BCUT2D eigenvalue weighted by Crippen LogP contribution is 2.28. The molecule has 146 valence electrons. The van der Waals surface area contributed by atoms with Crippen molar-refractivity contribution in [1.29, 1.82) is 0 Å². The molecule has 2 aromatic carbocycles. The predicted octanol–water partition coefficient (Wildman–Crippen LogP) is 5.50. The Balaban J connectivity index is 1.68. The average molecular weight is 459 g/mol. The molecule has 1 heterocycles. The van der Waals surface area contributed by atoms with E-state index < -0.39 is 0 Å². The third-order valence-electron chi connectivity index (χ3n) is 4.35. The number of aromatic nitrogens is 3. The minimum absolute atomic E-state index is 0.0842. The van der Waals surface area contributed by atoms with Crippen LogP contribution in [0, 0.1) is 13.8 Å². The number of halogens is 1. The first kappa shape index (κ1) is 20.6. The number of rotatable bonds is 6. The molecule has 3 rings (SSSR count). The number of aryl methyl sites for hydroxylation is 2. The van der Waals surface area contributed by atoms with E-state index in [2.05, 4.69) is 52.2 Å². The van der Waals surface area contributed by atoms with Gasteiger partial charge in [0.1, 0.15) is 5.82 Å². The second-order valence-corrected chi connectivity index (χ2v) is 8.73. The van der Waals surface area contributed by atoms with Crippen LogP contribution in [0.2, 0.25) is 0 Å². The highest BCUT2D eigenvalue weighted by Gasteiger charge is 2.14. The van der Waals surface area contributed by atoms with Gasteiger partial charge in [0.25, 0.3) is 0 Å². The smallest absolute Gasteiger partial charge is 0.234 e. The van der Waals surface area contributed by atoms with Gasteiger partial charge in [0.15, 0.2) is 5.16 Å². The third-order valence-corrected chi connectivity index (χ3v) is 5.94.